The largest absolute Gasteiger partial charge is 0.493 e. The highest BCUT2D eigenvalue weighted by Crippen LogP contribution is 2.39. The standard InChI is InChI=1S/C51H59N3O4/c1-7-9-11-14-36-19-21-37(22-20-36)31-58-50-32(3)28-40(29-33(50)4)54-44-18-13-16-42-47(44)49(56)41-15-12-17-43(46(41)48(42)55)53-39-25-23-38(24-26-39)45-30-34(5)51(35(6)52-45)57-27-10-8-2/h12-13,15-18,23-26,28-30,36-37,53-54H,7-11,14,19-22,27,31H2,1-6H3. The third-order valence-corrected chi connectivity index (χ3v) is 12.0. The maximum absolute atomic E-state index is 14.3. The number of unbranched alkanes of at least 4 members (excludes halogenated alkanes) is 3. The average Bonchev–Trinajstić information content (AvgIpc) is 3.21. The van der Waals surface area contributed by atoms with Gasteiger partial charge in [0.15, 0.2) is 11.6 Å². The Morgan fingerprint density at radius 3 is 1.78 bits per heavy atom. The van der Waals surface area contributed by atoms with E-state index in [1.807, 2.05) is 55.5 Å². The van der Waals surface area contributed by atoms with E-state index in [4.69, 9.17) is 14.5 Å². The Morgan fingerprint density at radius 1 is 0.621 bits per heavy atom. The smallest absolute Gasteiger partial charge is 0.196 e. The molecule has 7 rings (SSSR count). The molecule has 0 atom stereocenters. The van der Waals surface area contributed by atoms with Gasteiger partial charge in [-0.25, -0.2) is 4.98 Å². The fraction of sp³-hybridized carbons (Fsp3) is 0.392. The number of pyridine rings is 1. The topological polar surface area (TPSA) is 89.6 Å². The molecule has 0 bridgehead atoms. The van der Waals surface area contributed by atoms with Gasteiger partial charge in [0.1, 0.15) is 11.5 Å². The van der Waals surface area contributed by atoms with Crippen LogP contribution in [0.15, 0.2) is 78.9 Å². The molecule has 0 spiro atoms. The van der Waals surface area contributed by atoms with Crippen LogP contribution in [0.3, 0.4) is 0 Å². The molecule has 1 heterocycles. The minimum atomic E-state index is -0.185. The van der Waals surface area contributed by atoms with Gasteiger partial charge in [0.05, 0.1) is 47.1 Å². The summed E-state index contributed by atoms with van der Waals surface area (Å²) in [4.78, 5) is 33.4. The lowest BCUT2D eigenvalue weighted by Gasteiger charge is -2.29. The number of rotatable bonds is 16. The Labute approximate surface area is 345 Å². The van der Waals surface area contributed by atoms with Crippen molar-refractivity contribution in [2.45, 2.75) is 106 Å². The van der Waals surface area contributed by atoms with Crippen LogP contribution >= 0.6 is 0 Å². The van der Waals surface area contributed by atoms with E-state index in [0.29, 0.717) is 46.2 Å². The number of anilines is 4. The summed E-state index contributed by atoms with van der Waals surface area (Å²) in [6.45, 7) is 14.1. The van der Waals surface area contributed by atoms with Crippen molar-refractivity contribution in [2.24, 2.45) is 11.8 Å². The molecule has 0 aliphatic heterocycles. The molecule has 7 nitrogen and oxygen atoms in total. The second kappa shape index (κ2) is 18.4. The SMILES string of the molecule is CCCCCC1CCC(COc2c(C)cc(Nc3cccc4c3C(=O)c3cccc(Nc5ccc(-c6cc(C)c(OCCCC)c(C)n6)cc5)c3C4=O)cc2C)CC1. The molecule has 302 valence electrons. The quantitative estimate of drug-likeness (QED) is 0.0946. The van der Waals surface area contributed by atoms with Gasteiger partial charge in [0.2, 0.25) is 0 Å². The summed E-state index contributed by atoms with van der Waals surface area (Å²) in [5, 5.41) is 6.92. The molecule has 0 amide bonds. The molecule has 2 aliphatic rings. The van der Waals surface area contributed by atoms with Crippen LogP contribution in [0.25, 0.3) is 11.3 Å². The van der Waals surface area contributed by atoms with Gasteiger partial charge in [0.25, 0.3) is 0 Å². The van der Waals surface area contributed by atoms with Gasteiger partial charge in [-0.3, -0.25) is 9.59 Å². The molecule has 7 heteroatoms. The first-order chi connectivity index (χ1) is 28.1. The van der Waals surface area contributed by atoms with Crippen LogP contribution in [0.2, 0.25) is 0 Å². The molecule has 2 aliphatic carbocycles. The summed E-state index contributed by atoms with van der Waals surface area (Å²) in [5.74, 6) is 2.91. The van der Waals surface area contributed by atoms with E-state index in [2.05, 4.69) is 63.5 Å². The second-order valence-corrected chi connectivity index (χ2v) is 16.5. The third-order valence-electron chi connectivity index (χ3n) is 12.0. The van der Waals surface area contributed by atoms with Gasteiger partial charge >= 0.3 is 0 Å². The number of aryl methyl sites for hydroxylation is 4. The number of nitrogens with zero attached hydrogens (tertiary/aromatic N) is 1. The van der Waals surface area contributed by atoms with Crippen molar-refractivity contribution in [3.63, 3.8) is 0 Å². The molecule has 2 N–H and O–H groups in total. The molecular formula is C51H59N3O4. The fourth-order valence-corrected chi connectivity index (χ4v) is 8.81. The number of carbonyl (C=O) groups is 2. The normalized spacial score (nSPS) is 16.1. The first-order valence-electron chi connectivity index (χ1n) is 21.5. The number of carbonyl (C=O) groups excluding carboxylic acids is 2. The molecule has 1 saturated carbocycles. The Kier molecular flexibility index (Phi) is 13.0. The molecule has 4 aromatic carbocycles. The predicted molar refractivity (Wildman–Crippen MR) is 237 cm³/mol. The van der Waals surface area contributed by atoms with Crippen molar-refractivity contribution in [1.82, 2.24) is 4.98 Å². The maximum atomic E-state index is 14.3. The van der Waals surface area contributed by atoms with Gasteiger partial charge in [-0.05, 0) is 118 Å². The van der Waals surface area contributed by atoms with Crippen LogP contribution < -0.4 is 20.1 Å². The lowest BCUT2D eigenvalue weighted by molar-refractivity contribution is 0.0980. The molecule has 1 fully saturated rings. The molecule has 58 heavy (non-hydrogen) atoms. The number of nitrogens with one attached hydrogen (secondary N) is 2. The summed E-state index contributed by atoms with van der Waals surface area (Å²) >= 11 is 0. The van der Waals surface area contributed by atoms with Gasteiger partial charge < -0.3 is 20.1 Å². The summed E-state index contributed by atoms with van der Waals surface area (Å²) in [5.41, 5.74) is 10.3. The predicted octanol–water partition coefficient (Wildman–Crippen LogP) is 13.2. The minimum absolute atomic E-state index is 0.181. The highest BCUT2D eigenvalue weighted by molar-refractivity contribution is 6.32. The molecule has 0 radical (unpaired) electrons. The van der Waals surface area contributed by atoms with Gasteiger partial charge in [-0.1, -0.05) is 95.2 Å². The van der Waals surface area contributed by atoms with E-state index in [0.717, 1.165) is 81.9 Å². The van der Waals surface area contributed by atoms with Crippen molar-refractivity contribution in [1.29, 1.82) is 0 Å². The Balaban J connectivity index is 1.04. The van der Waals surface area contributed by atoms with E-state index >= 15 is 0 Å². The Morgan fingerprint density at radius 2 is 1.19 bits per heavy atom. The number of hydrogen-bond donors (Lipinski definition) is 2. The zero-order valence-corrected chi connectivity index (χ0v) is 35.2. The average molecular weight is 778 g/mol. The first kappa shape index (κ1) is 40.8. The fourth-order valence-electron chi connectivity index (χ4n) is 8.81. The van der Waals surface area contributed by atoms with E-state index in [1.165, 1.54) is 51.4 Å². The van der Waals surface area contributed by atoms with Crippen molar-refractivity contribution in [3.05, 3.63) is 124 Å². The van der Waals surface area contributed by atoms with Crippen molar-refractivity contribution in [2.75, 3.05) is 23.8 Å². The summed E-state index contributed by atoms with van der Waals surface area (Å²) in [6.07, 6.45) is 12.6. The van der Waals surface area contributed by atoms with Crippen molar-refractivity contribution in [3.8, 4) is 22.8 Å². The van der Waals surface area contributed by atoms with Gasteiger partial charge in [-0.2, -0.15) is 0 Å². The van der Waals surface area contributed by atoms with Gasteiger partial charge in [-0.15, -0.1) is 0 Å². The molecule has 1 aromatic heterocycles. The lowest BCUT2D eigenvalue weighted by atomic mass is 9.80. The van der Waals surface area contributed by atoms with Crippen molar-refractivity contribution < 1.29 is 19.1 Å². The molecular weight excluding hydrogens is 719 g/mol. The second-order valence-electron chi connectivity index (χ2n) is 16.5. The zero-order valence-electron chi connectivity index (χ0n) is 35.2. The summed E-state index contributed by atoms with van der Waals surface area (Å²) in [7, 11) is 0. The lowest BCUT2D eigenvalue weighted by Crippen LogP contribution is -2.23. The van der Waals surface area contributed by atoms with Crippen LogP contribution in [0.5, 0.6) is 11.5 Å². The summed E-state index contributed by atoms with van der Waals surface area (Å²) in [6, 6.07) is 25.0. The van der Waals surface area contributed by atoms with E-state index in [1.54, 1.807) is 12.1 Å². The van der Waals surface area contributed by atoms with Crippen LogP contribution in [-0.2, 0) is 0 Å². The number of fused-ring (bicyclic) bond motifs is 2. The minimum Gasteiger partial charge on any atom is -0.493 e. The third kappa shape index (κ3) is 8.99. The zero-order chi connectivity index (χ0) is 40.8. The molecule has 0 unspecified atom stereocenters. The van der Waals surface area contributed by atoms with Crippen molar-refractivity contribution >= 4 is 34.3 Å². The van der Waals surface area contributed by atoms with Crippen LogP contribution in [0.4, 0.5) is 22.7 Å². The Hall–Kier alpha value is -5.43. The number of hydrogen-bond acceptors (Lipinski definition) is 7. The maximum Gasteiger partial charge on any atom is 0.196 e. The van der Waals surface area contributed by atoms with Crippen LogP contribution in [-0.4, -0.2) is 29.8 Å². The van der Waals surface area contributed by atoms with E-state index in [-0.39, 0.29) is 11.6 Å². The number of aromatic nitrogens is 1. The highest BCUT2D eigenvalue weighted by atomic mass is 16.5. The monoisotopic (exact) mass is 777 g/mol. The van der Waals surface area contributed by atoms with Crippen LogP contribution in [0.1, 0.15) is 132 Å². The molecule has 0 saturated heterocycles. The first-order valence-corrected chi connectivity index (χ1v) is 21.5. The van der Waals surface area contributed by atoms with E-state index < -0.39 is 0 Å². The Bertz CT molecular complexity index is 2220. The number of ketones is 2. The molecule has 5 aromatic rings. The van der Waals surface area contributed by atoms with Gasteiger partial charge in [0, 0.05) is 28.1 Å². The van der Waals surface area contributed by atoms with E-state index in [9.17, 15) is 9.59 Å². The van der Waals surface area contributed by atoms with Crippen LogP contribution in [0, 0.1) is 39.5 Å². The number of ether oxygens (including phenoxy) is 2. The highest BCUT2D eigenvalue weighted by Gasteiger charge is 2.34. The number of benzene rings is 4. The summed E-state index contributed by atoms with van der Waals surface area (Å²) < 4.78 is 12.5.